The van der Waals surface area contributed by atoms with E-state index in [4.69, 9.17) is 11.6 Å². The van der Waals surface area contributed by atoms with E-state index in [-0.39, 0.29) is 24.2 Å². The van der Waals surface area contributed by atoms with Crippen molar-refractivity contribution in [2.75, 3.05) is 11.9 Å². The van der Waals surface area contributed by atoms with Crippen molar-refractivity contribution in [1.29, 1.82) is 0 Å². The number of hydrogen-bond donors (Lipinski definition) is 1. The molecule has 2 aromatic carbocycles. The van der Waals surface area contributed by atoms with Gasteiger partial charge in [0.15, 0.2) is 0 Å². The van der Waals surface area contributed by atoms with E-state index in [9.17, 15) is 9.59 Å². The highest BCUT2D eigenvalue weighted by Gasteiger charge is 2.34. The third-order valence-electron chi connectivity index (χ3n) is 4.52. The van der Waals surface area contributed by atoms with Gasteiger partial charge in [-0.1, -0.05) is 35.9 Å². The Hall–Kier alpha value is -2.33. The van der Waals surface area contributed by atoms with Gasteiger partial charge in [0.25, 0.3) is 0 Å². The molecule has 2 amide bonds. The molecule has 0 aromatic heterocycles. The van der Waals surface area contributed by atoms with Crippen molar-refractivity contribution < 1.29 is 9.59 Å². The van der Waals surface area contributed by atoms with Gasteiger partial charge >= 0.3 is 0 Å². The SMILES string of the molecule is Cc1ccc(C)c(NC(=O)C2CC(=O)N(Cc3ccc(Cl)cc3)C2)c1. The lowest BCUT2D eigenvalue weighted by Crippen LogP contribution is -2.28. The summed E-state index contributed by atoms with van der Waals surface area (Å²) in [7, 11) is 0. The van der Waals surface area contributed by atoms with Crippen LogP contribution in [-0.2, 0) is 16.1 Å². The Morgan fingerprint density at radius 2 is 1.92 bits per heavy atom. The molecule has 1 N–H and O–H groups in total. The lowest BCUT2D eigenvalue weighted by molar-refractivity contribution is -0.128. The number of hydrogen-bond acceptors (Lipinski definition) is 2. The molecule has 2 aromatic rings. The van der Waals surface area contributed by atoms with Crippen LogP contribution in [0.4, 0.5) is 5.69 Å². The van der Waals surface area contributed by atoms with Crippen LogP contribution in [0.1, 0.15) is 23.1 Å². The maximum absolute atomic E-state index is 12.6. The zero-order chi connectivity index (χ0) is 18.0. The van der Waals surface area contributed by atoms with Gasteiger partial charge in [-0.15, -0.1) is 0 Å². The Bertz CT molecular complexity index is 802. The topological polar surface area (TPSA) is 49.4 Å². The molecular weight excluding hydrogens is 336 g/mol. The Balaban J connectivity index is 1.64. The summed E-state index contributed by atoms with van der Waals surface area (Å²) in [6, 6.07) is 13.4. The van der Waals surface area contributed by atoms with Crippen LogP contribution in [0, 0.1) is 19.8 Å². The molecule has 5 heteroatoms. The fourth-order valence-electron chi connectivity index (χ4n) is 3.02. The molecule has 4 nitrogen and oxygen atoms in total. The van der Waals surface area contributed by atoms with Crippen molar-refractivity contribution in [2.45, 2.75) is 26.8 Å². The average molecular weight is 357 g/mol. The minimum absolute atomic E-state index is 0.0102. The monoisotopic (exact) mass is 356 g/mol. The fraction of sp³-hybridized carbons (Fsp3) is 0.300. The number of likely N-dealkylation sites (tertiary alicyclic amines) is 1. The molecule has 25 heavy (non-hydrogen) atoms. The second-order valence-corrected chi connectivity index (χ2v) is 7.05. The predicted octanol–water partition coefficient (Wildman–Crippen LogP) is 3.94. The number of aryl methyl sites for hydroxylation is 2. The summed E-state index contributed by atoms with van der Waals surface area (Å²) < 4.78 is 0. The smallest absolute Gasteiger partial charge is 0.229 e. The molecule has 0 bridgehead atoms. The molecule has 0 radical (unpaired) electrons. The number of carbonyl (C=O) groups is 2. The van der Waals surface area contributed by atoms with Gasteiger partial charge in [-0.2, -0.15) is 0 Å². The van der Waals surface area contributed by atoms with Gasteiger partial charge in [-0.05, 0) is 48.7 Å². The number of nitrogens with zero attached hydrogens (tertiary/aromatic N) is 1. The molecule has 1 saturated heterocycles. The average Bonchev–Trinajstić information content (AvgIpc) is 2.94. The number of benzene rings is 2. The van der Waals surface area contributed by atoms with E-state index >= 15 is 0 Å². The maximum Gasteiger partial charge on any atom is 0.229 e. The quantitative estimate of drug-likeness (QED) is 0.901. The van der Waals surface area contributed by atoms with Crippen LogP contribution in [0.2, 0.25) is 5.02 Å². The first-order chi connectivity index (χ1) is 11.9. The molecule has 1 fully saturated rings. The van der Waals surface area contributed by atoms with E-state index < -0.39 is 0 Å². The van der Waals surface area contributed by atoms with E-state index in [1.807, 2.05) is 56.3 Å². The van der Waals surface area contributed by atoms with Crippen LogP contribution in [0.3, 0.4) is 0 Å². The van der Waals surface area contributed by atoms with Crippen LogP contribution in [0.25, 0.3) is 0 Å². The number of nitrogens with one attached hydrogen (secondary N) is 1. The van der Waals surface area contributed by atoms with E-state index in [1.54, 1.807) is 4.90 Å². The van der Waals surface area contributed by atoms with Crippen molar-refractivity contribution >= 4 is 29.1 Å². The van der Waals surface area contributed by atoms with Crippen LogP contribution in [-0.4, -0.2) is 23.3 Å². The van der Waals surface area contributed by atoms with Gasteiger partial charge in [0, 0.05) is 30.2 Å². The Morgan fingerprint density at radius 3 is 2.64 bits per heavy atom. The summed E-state index contributed by atoms with van der Waals surface area (Å²) in [5.41, 5.74) is 3.93. The Labute approximate surface area is 152 Å². The normalized spacial score (nSPS) is 17.0. The third-order valence-corrected chi connectivity index (χ3v) is 4.77. The first-order valence-corrected chi connectivity index (χ1v) is 8.70. The molecule has 3 rings (SSSR count). The fourth-order valence-corrected chi connectivity index (χ4v) is 3.14. The van der Waals surface area contributed by atoms with Crippen molar-refractivity contribution in [3.05, 3.63) is 64.2 Å². The van der Waals surface area contributed by atoms with Gasteiger partial charge in [-0.3, -0.25) is 9.59 Å². The first kappa shape index (κ1) is 17.5. The molecule has 1 atom stereocenters. The lowest BCUT2D eigenvalue weighted by atomic mass is 10.1. The van der Waals surface area contributed by atoms with Crippen molar-refractivity contribution in [3.63, 3.8) is 0 Å². The van der Waals surface area contributed by atoms with E-state index in [1.165, 1.54) is 0 Å². The lowest BCUT2D eigenvalue weighted by Gasteiger charge is -2.17. The predicted molar refractivity (Wildman–Crippen MR) is 99.5 cm³/mol. The highest BCUT2D eigenvalue weighted by molar-refractivity contribution is 6.30. The van der Waals surface area contributed by atoms with Gasteiger partial charge in [0.05, 0.1) is 5.92 Å². The first-order valence-electron chi connectivity index (χ1n) is 8.32. The third kappa shape index (κ3) is 4.20. The number of anilines is 1. The minimum Gasteiger partial charge on any atom is -0.338 e. The molecule has 0 spiro atoms. The van der Waals surface area contributed by atoms with E-state index in [2.05, 4.69) is 5.32 Å². The Morgan fingerprint density at radius 1 is 1.20 bits per heavy atom. The summed E-state index contributed by atoms with van der Waals surface area (Å²) in [6.07, 6.45) is 0.254. The zero-order valence-corrected chi connectivity index (χ0v) is 15.1. The second-order valence-electron chi connectivity index (χ2n) is 6.61. The summed E-state index contributed by atoms with van der Waals surface area (Å²) in [5.74, 6) is -0.406. The molecule has 130 valence electrons. The summed E-state index contributed by atoms with van der Waals surface area (Å²) in [6.45, 7) is 4.89. The summed E-state index contributed by atoms with van der Waals surface area (Å²) >= 11 is 5.89. The molecule has 1 heterocycles. The molecule has 0 saturated carbocycles. The number of amides is 2. The summed E-state index contributed by atoms with van der Waals surface area (Å²) in [5, 5.41) is 3.64. The van der Waals surface area contributed by atoms with Crippen LogP contribution in [0.15, 0.2) is 42.5 Å². The van der Waals surface area contributed by atoms with Gasteiger partial charge < -0.3 is 10.2 Å². The van der Waals surface area contributed by atoms with Crippen LogP contribution < -0.4 is 5.32 Å². The van der Waals surface area contributed by atoms with Crippen molar-refractivity contribution in [3.8, 4) is 0 Å². The number of halogens is 1. The van der Waals surface area contributed by atoms with Gasteiger partial charge in [0.2, 0.25) is 11.8 Å². The van der Waals surface area contributed by atoms with Crippen molar-refractivity contribution in [2.24, 2.45) is 5.92 Å². The molecule has 1 aliphatic rings. The number of carbonyl (C=O) groups excluding carboxylic acids is 2. The second kappa shape index (κ2) is 7.28. The highest BCUT2D eigenvalue weighted by Crippen LogP contribution is 2.24. The molecule has 0 aliphatic carbocycles. The standard InChI is InChI=1S/C20H21ClN2O2/c1-13-3-4-14(2)18(9-13)22-20(25)16-10-19(24)23(12-16)11-15-5-7-17(21)8-6-15/h3-9,16H,10-12H2,1-2H3,(H,22,25). The van der Waals surface area contributed by atoms with Crippen molar-refractivity contribution in [1.82, 2.24) is 4.90 Å². The highest BCUT2D eigenvalue weighted by atomic mass is 35.5. The van der Waals surface area contributed by atoms with Crippen LogP contribution >= 0.6 is 11.6 Å². The van der Waals surface area contributed by atoms with E-state index in [0.717, 1.165) is 22.4 Å². The Kier molecular flexibility index (Phi) is 5.09. The summed E-state index contributed by atoms with van der Waals surface area (Å²) in [4.78, 5) is 26.5. The molecule has 1 unspecified atom stereocenters. The van der Waals surface area contributed by atoms with E-state index in [0.29, 0.717) is 18.1 Å². The molecule has 1 aliphatic heterocycles. The number of rotatable bonds is 4. The van der Waals surface area contributed by atoms with Gasteiger partial charge in [-0.25, -0.2) is 0 Å². The largest absolute Gasteiger partial charge is 0.338 e. The minimum atomic E-state index is -0.320. The van der Waals surface area contributed by atoms with Gasteiger partial charge in [0.1, 0.15) is 0 Å². The maximum atomic E-state index is 12.6. The zero-order valence-electron chi connectivity index (χ0n) is 14.4. The van der Waals surface area contributed by atoms with Crippen LogP contribution in [0.5, 0.6) is 0 Å². The molecular formula is C20H21ClN2O2.